The van der Waals surface area contributed by atoms with E-state index in [0.29, 0.717) is 24.4 Å². The van der Waals surface area contributed by atoms with Crippen molar-refractivity contribution in [1.29, 1.82) is 0 Å². The summed E-state index contributed by atoms with van der Waals surface area (Å²) < 4.78 is 11.2. The van der Waals surface area contributed by atoms with E-state index in [4.69, 9.17) is 26.8 Å². The van der Waals surface area contributed by atoms with Crippen LogP contribution >= 0.6 is 11.6 Å². The van der Waals surface area contributed by atoms with Crippen LogP contribution in [-0.2, 0) is 11.2 Å². The second-order valence-electron chi connectivity index (χ2n) is 6.68. The van der Waals surface area contributed by atoms with Gasteiger partial charge >= 0.3 is 0 Å². The number of carbonyl (C=O) groups excluding carboxylic acids is 1. The number of carbonyl (C=O) groups is 1. The number of morpholine rings is 1. The van der Waals surface area contributed by atoms with Crippen molar-refractivity contribution >= 4 is 29.0 Å². The number of nitrogens with two attached hydrogens (primary N) is 1. The molecule has 3 N–H and O–H groups in total. The number of primary amides is 1. The normalized spacial score (nSPS) is 14.6. The average Bonchev–Trinajstić information content (AvgIpc) is 2.72. The minimum atomic E-state index is -0.665. The number of aryl methyl sites for hydroxylation is 1. The minimum absolute atomic E-state index is 0.0584. The molecule has 2 heterocycles. The zero-order valence-corrected chi connectivity index (χ0v) is 17.2. The maximum atomic E-state index is 11.8. The molecule has 1 aliphatic rings. The van der Waals surface area contributed by atoms with E-state index in [1.54, 1.807) is 0 Å². The first-order valence-electron chi connectivity index (χ1n) is 9.73. The lowest BCUT2D eigenvalue weighted by Crippen LogP contribution is -2.37. The van der Waals surface area contributed by atoms with Gasteiger partial charge in [0.25, 0.3) is 5.91 Å². The first kappa shape index (κ1) is 21.3. The number of halogens is 1. The smallest absolute Gasteiger partial charge is 0.271 e. The molecule has 9 heteroatoms. The number of amides is 1. The highest BCUT2D eigenvalue weighted by molar-refractivity contribution is 6.30. The molecule has 156 valence electrons. The summed E-state index contributed by atoms with van der Waals surface area (Å²) in [5, 5.41) is 3.31. The van der Waals surface area contributed by atoms with Crippen molar-refractivity contribution < 1.29 is 14.3 Å². The molecule has 1 fully saturated rings. The quantitative estimate of drug-likeness (QED) is 0.602. The van der Waals surface area contributed by atoms with Crippen LogP contribution in [0.25, 0.3) is 0 Å². The second-order valence-corrected chi connectivity index (χ2v) is 7.04. The zero-order valence-electron chi connectivity index (χ0n) is 16.5. The van der Waals surface area contributed by atoms with Crippen molar-refractivity contribution in [2.24, 2.45) is 5.73 Å². The van der Waals surface area contributed by atoms with Gasteiger partial charge in [-0.2, -0.15) is 0 Å². The Morgan fingerprint density at radius 3 is 2.86 bits per heavy atom. The van der Waals surface area contributed by atoms with Crippen molar-refractivity contribution in [1.82, 2.24) is 14.9 Å². The SMILES string of the molecule is CCc1nc(C(N)=O)c(Nc2cccc(OCCCN3CCOCC3)c2)nc1Cl. The highest BCUT2D eigenvalue weighted by Gasteiger charge is 2.16. The predicted molar refractivity (Wildman–Crippen MR) is 112 cm³/mol. The lowest BCUT2D eigenvalue weighted by atomic mass is 10.2. The van der Waals surface area contributed by atoms with E-state index < -0.39 is 5.91 Å². The summed E-state index contributed by atoms with van der Waals surface area (Å²) in [6.07, 6.45) is 1.49. The Morgan fingerprint density at radius 2 is 2.14 bits per heavy atom. The third kappa shape index (κ3) is 6.03. The minimum Gasteiger partial charge on any atom is -0.493 e. The number of nitrogens with zero attached hydrogens (tertiary/aromatic N) is 3. The summed E-state index contributed by atoms with van der Waals surface area (Å²) in [5.41, 5.74) is 6.74. The fourth-order valence-electron chi connectivity index (χ4n) is 3.04. The molecule has 1 aromatic heterocycles. The van der Waals surface area contributed by atoms with Crippen LogP contribution in [0.15, 0.2) is 24.3 Å². The monoisotopic (exact) mass is 419 g/mol. The van der Waals surface area contributed by atoms with Gasteiger partial charge in [0.1, 0.15) is 5.75 Å². The third-order valence-electron chi connectivity index (χ3n) is 4.58. The molecule has 0 bridgehead atoms. The highest BCUT2D eigenvalue weighted by Crippen LogP contribution is 2.24. The van der Waals surface area contributed by atoms with Crippen molar-refractivity contribution in [2.75, 3.05) is 44.8 Å². The Kier molecular flexibility index (Phi) is 7.62. The number of hydrogen-bond donors (Lipinski definition) is 2. The van der Waals surface area contributed by atoms with Gasteiger partial charge in [0.2, 0.25) is 0 Å². The molecular weight excluding hydrogens is 394 g/mol. The third-order valence-corrected chi connectivity index (χ3v) is 4.88. The van der Waals surface area contributed by atoms with E-state index in [9.17, 15) is 4.79 Å². The fraction of sp³-hybridized carbons (Fsp3) is 0.450. The lowest BCUT2D eigenvalue weighted by molar-refractivity contribution is 0.0358. The summed E-state index contributed by atoms with van der Waals surface area (Å²) in [6, 6.07) is 7.42. The highest BCUT2D eigenvalue weighted by atomic mass is 35.5. The summed E-state index contributed by atoms with van der Waals surface area (Å²) in [7, 11) is 0. The van der Waals surface area contributed by atoms with Crippen LogP contribution in [0.5, 0.6) is 5.75 Å². The largest absolute Gasteiger partial charge is 0.493 e. The van der Waals surface area contributed by atoms with Crippen molar-refractivity contribution in [3.05, 3.63) is 40.8 Å². The molecule has 1 aliphatic heterocycles. The van der Waals surface area contributed by atoms with E-state index in [1.807, 2.05) is 31.2 Å². The average molecular weight is 420 g/mol. The standard InChI is InChI=1S/C20H26ClN5O3/c1-2-16-18(21)25-20(17(24-16)19(22)27)23-14-5-3-6-15(13-14)29-10-4-7-26-8-11-28-12-9-26/h3,5-6,13H,2,4,7-12H2,1H3,(H2,22,27)(H,23,25). The van der Waals surface area contributed by atoms with Crippen molar-refractivity contribution in [3.63, 3.8) is 0 Å². The Hall–Kier alpha value is -2.42. The molecule has 1 amide bonds. The van der Waals surface area contributed by atoms with Crippen LogP contribution in [0, 0.1) is 0 Å². The number of benzene rings is 1. The zero-order chi connectivity index (χ0) is 20.6. The molecule has 0 aliphatic carbocycles. The second kappa shape index (κ2) is 10.4. The topological polar surface area (TPSA) is 103 Å². The predicted octanol–water partition coefficient (Wildman–Crippen LogP) is 2.64. The van der Waals surface area contributed by atoms with Crippen molar-refractivity contribution in [2.45, 2.75) is 19.8 Å². The molecule has 2 aromatic rings. The fourth-order valence-corrected chi connectivity index (χ4v) is 3.30. The Morgan fingerprint density at radius 1 is 1.34 bits per heavy atom. The first-order valence-corrected chi connectivity index (χ1v) is 10.1. The molecular formula is C20H26ClN5O3. The number of rotatable bonds is 9. The Bertz CT molecular complexity index is 843. The van der Waals surface area contributed by atoms with Crippen LogP contribution in [0.3, 0.4) is 0 Å². The summed E-state index contributed by atoms with van der Waals surface area (Å²) >= 11 is 6.15. The Labute approximate surface area is 175 Å². The van der Waals surface area contributed by atoms with Gasteiger partial charge in [-0.15, -0.1) is 0 Å². The van der Waals surface area contributed by atoms with Gasteiger partial charge in [0.15, 0.2) is 16.7 Å². The van der Waals surface area contributed by atoms with E-state index in [-0.39, 0.29) is 16.7 Å². The van der Waals surface area contributed by atoms with Crippen LogP contribution in [0.4, 0.5) is 11.5 Å². The molecule has 0 atom stereocenters. The van der Waals surface area contributed by atoms with Gasteiger partial charge < -0.3 is 20.5 Å². The first-order chi connectivity index (χ1) is 14.1. The Balaban J connectivity index is 1.61. The molecule has 3 rings (SSSR count). The molecule has 8 nitrogen and oxygen atoms in total. The van der Waals surface area contributed by atoms with Crippen molar-refractivity contribution in [3.8, 4) is 5.75 Å². The van der Waals surface area contributed by atoms with Gasteiger partial charge in [-0.25, -0.2) is 9.97 Å². The number of anilines is 2. The summed E-state index contributed by atoms with van der Waals surface area (Å²) in [5.74, 6) is 0.285. The van der Waals surface area contributed by atoms with E-state index in [2.05, 4.69) is 20.2 Å². The molecule has 0 saturated carbocycles. The maximum Gasteiger partial charge on any atom is 0.271 e. The van der Waals surface area contributed by atoms with Gasteiger partial charge in [0, 0.05) is 31.4 Å². The van der Waals surface area contributed by atoms with E-state index >= 15 is 0 Å². The summed E-state index contributed by atoms with van der Waals surface area (Å²) in [4.78, 5) is 22.6. The van der Waals surface area contributed by atoms with Crippen LogP contribution in [0.2, 0.25) is 5.15 Å². The number of aromatic nitrogens is 2. The van der Waals surface area contributed by atoms with Crippen LogP contribution in [0.1, 0.15) is 29.5 Å². The van der Waals surface area contributed by atoms with Gasteiger partial charge in [-0.05, 0) is 25.0 Å². The van der Waals surface area contributed by atoms with Gasteiger partial charge in [-0.3, -0.25) is 9.69 Å². The molecule has 1 saturated heterocycles. The molecule has 1 aromatic carbocycles. The number of ether oxygens (including phenoxy) is 2. The van der Waals surface area contributed by atoms with Gasteiger partial charge in [0.05, 0.1) is 25.5 Å². The summed E-state index contributed by atoms with van der Waals surface area (Å²) in [6.45, 7) is 7.03. The molecule has 29 heavy (non-hydrogen) atoms. The van der Waals surface area contributed by atoms with Crippen LogP contribution in [-0.4, -0.2) is 60.2 Å². The van der Waals surface area contributed by atoms with Crippen LogP contribution < -0.4 is 15.8 Å². The van der Waals surface area contributed by atoms with Gasteiger partial charge in [-0.1, -0.05) is 24.6 Å². The lowest BCUT2D eigenvalue weighted by Gasteiger charge is -2.26. The number of hydrogen-bond acceptors (Lipinski definition) is 7. The number of nitrogens with one attached hydrogen (secondary N) is 1. The van der Waals surface area contributed by atoms with E-state index in [1.165, 1.54) is 0 Å². The molecule has 0 spiro atoms. The van der Waals surface area contributed by atoms with E-state index in [0.717, 1.165) is 45.0 Å². The maximum absolute atomic E-state index is 11.8. The molecule has 0 radical (unpaired) electrons. The molecule has 0 unspecified atom stereocenters.